The van der Waals surface area contributed by atoms with Gasteiger partial charge in [0.05, 0.1) is 5.02 Å². The van der Waals surface area contributed by atoms with Crippen LogP contribution < -0.4 is 0 Å². The molecule has 0 aliphatic carbocycles. The van der Waals surface area contributed by atoms with E-state index in [1.165, 1.54) is 6.07 Å². The van der Waals surface area contributed by atoms with Gasteiger partial charge in [0.15, 0.2) is 6.10 Å². The van der Waals surface area contributed by atoms with E-state index in [9.17, 15) is 9.90 Å². The van der Waals surface area contributed by atoms with Gasteiger partial charge in [-0.3, -0.25) is 0 Å². The molecule has 0 amide bonds. The van der Waals surface area contributed by atoms with Crippen molar-refractivity contribution in [1.82, 2.24) is 4.98 Å². The van der Waals surface area contributed by atoms with E-state index < -0.39 is 12.1 Å². The van der Waals surface area contributed by atoms with E-state index in [1.807, 2.05) is 0 Å². The molecular formula is C10H8ClNO3. The zero-order chi connectivity index (χ0) is 11.0. The molecule has 0 saturated carbocycles. The number of aromatic nitrogens is 1. The third kappa shape index (κ3) is 1.69. The molecule has 0 saturated heterocycles. The number of benzene rings is 1. The van der Waals surface area contributed by atoms with Crippen LogP contribution in [0.3, 0.4) is 0 Å². The lowest BCUT2D eigenvalue weighted by atomic mass is 10.1. The van der Waals surface area contributed by atoms with Crippen molar-refractivity contribution in [3.63, 3.8) is 0 Å². The summed E-state index contributed by atoms with van der Waals surface area (Å²) in [4.78, 5) is 13.5. The molecule has 0 bridgehead atoms. The van der Waals surface area contributed by atoms with Gasteiger partial charge < -0.3 is 15.2 Å². The molecule has 1 heterocycles. The van der Waals surface area contributed by atoms with Crippen molar-refractivity contribution in [2.45, 2.75) is 6.10 Å². The van der Waals surface area contributed by atoms with Gasteiger partial charge in [0, 0.05) is 17.1 Å². The lowest BCUT2D eigenvalue weighted by Gasteiger charge is -2.06. The number of H-pyrrole nitrogens is 1. The maximum Gasteiger partial charge on any atom is 0.337 e. The van der Waals surface area contributed by atoms with E-state index in [1.54, 1.807) is 18.3 Å². The predicted octanol–water partition coefficient (Wildman–Crippen LogP) is 1.94. The maximum atomic E-state index is 10.6. The average molecular weight is 226 g/mol. The number of rotatable bonds is 2. The first-order chi connectivity index (χ1) is 7.09. The van der Waals surface area contributed by atoms with Crippen molar-refractivity contribution in [2.24, 2.45) is 0 Å². The number of aliphatic carboxylic acids is 1. The highest BCUT2D eigenvalue weighted by Crippen LogP contribution is 2.27. The second kappa shape index (κ2) is 3.56. The normalized spacial score (nSPS) is 12.9. The number of halogens is 1. The Kier molecular flexibility index (Phi) is 2.38. The molecule has 0 aliphatic heterocycles. The smallest absolute Gasteiger partial charge is 0.337 e. The van der Waals surface area contributed by atoms with E-state index in [0.717, 1.165) is 5.39 Å². The highest BCUT2D eigenvalue weighted by Gasteiger charge is 2.17. The quantitative estimate of drug-likeness (QED) is 0.731. The Labute approximate surface area is 90.1 Å². The van der Waals surface area contributed by atoms with Crippen molar-refractivity contribution in [1.29, 1.82) is 0 Å². The number of hydrogen-bond acceptors (Lipinski definition) is 2. The average Bonchev–Trinajstić information content (AvgIpc) is 2.64. The van der Waals surface area contributed by atoms with Gasteiger partial charge in [-0.15, -0.1) is 0 Å². The molecule has 3 N–H and O–H groups in total. The largest absolute Gasteiger partial charge is 0.479 e. The summed E-state index contributed by atoms with van der Waals surface area (Å²) in [6.45, 7) is 0. The van der Waals surface area contributed by atoms with E-state index >= 15 is 0 Å². The van der Waals surface area contributed by atoms with Gasteiger partial charge in [-0.25, -0.2) is 4.79 Å². The van der Waals surface area contributed by atoms with Gasteiger partial charge >= 0.3 is 5.97 Å². The SMILES string of the molecule is O=C(O)C(O)c1cc(Cl)c2cc[nH]c2c1. The Hall–Kier alpha value is -1.52. The maximum absolute atomic E-state index is 10.6. The minimum absolute atomic E-state index is 0.266. The zero-order valence-electron chi connectivity index (χ0n) is 7.57. The molecule has 15 heavy (non-hydrogen) atoms. The monoisotopic (exact) mass is 225 g/mol. The Morgan fingerprint density at radius 1 is 1.47 bits per heavy atom. The molecule has 4 nitrogen and oxygen atoms in total. The highest BCUT2D eigenvalue weighted by atomic mass is 35.5. The number of nitrogens with one attached hydrogen (secondary N) is 1. The first kappa shape index (κ1) is 10.0. The standard InChI is InChI=1S/C10H8ClNO3/c11-7-3-5(9(13)10(14)15)4-8-6(7)1-2-12-8/h1-4,9,12-13H,(H,14,15). The van der Waals surface area contributed by atoms with Crippen LogP contribution in [0.4, 0.5) is 0 Å². The topological polar surface area (TPSA) is 73.3 Å². The van der Waals surface area contributed by atoms with Gasteiger partial charge in [-0.05, 0) is 23.8 Å². The summed E-state index contributed by atoms with van der Waals surface area (Å²) in [6, 6.07) is 4.81. The van der Waals surface area contributed by atoms with Crippen molar-refractivity contribution < 1.29 is 15.0 Å². The first-order valence-corrected chi connectivity index (χ1v) is 4.65. The van der Waals surface area contributed by atoms with Crippen molar-refractivity contribution in [3.05, 3.63) is 35.0 Å². The lowest BCUT2D eigenvalue weighted by Crippen LogP contribution is -2.10. The summed E-state index contributed by atoms with van der Waals surface area (Å²) in [6.07, 6.45) is 0.156. The Balaban J connectivity index is 2.58. The fourth-order valence-electron chi connectivity index (χ4n) is 1.44. The van der Waals surface area contributed by atoms with Crippen LogP contribution in [0, 0.1) is 0 Å². The Bertz CT molecular complexity index is 520. The summed E-state index contributed by atoms with van der Waals surface area (Å²) in [5.74, 6) is -1.29. The van der Waals surface area contributed by atoms with Gasteiger partial charge in [0.25, 0.3) is 0 Å². The highest BCUT2D eigenvalue weighted by molar-refractivity contribution is 6.35. The molecule has 0 aliphatic rings. The van der Waals surface area contributed by atoms with E-state index in [0.29, 0.717) is 10.5 Å². The van der Waals surface area contributed by atoms with E-state index in [4.69, 9.17) is 16.7 Å². The fraction of sp³-hybridized carbons (Fsp3) is 0.100. The Morgan fingerprint density at radius 3 is 2.87 bits per heavy atom. The number of carboxylic acids is 1. The number of carboxylic acid groups (broad SMARTS) is 1. The first-order valence-electron chi connectivity index (χ1n) is 4.27. The van der Waals surface area contributed by atoms with E-state index in [-0.39, 0.29) is 5.56 Å². The van der Waals surface area contributed by atoms with Gasteiger partial charge in [-0.1, -0.05) is 11.6 Å². The molecule has 5 heteroatoms. The van der Waals surface area contributed by atoms with Crippen LogP contribution in [0.25, 0.3) is 10.9 Å². The predicted molar refractivity (Wildman–Crippen MR) is 55.9 cm³/mol. The number of aliphatic hydroxyl groups is 1. The summed E-state index contributed by atoms with van der Waals surface area (Å²) in [7, 11) is 0. The third-order valence-electron chi connectivity index (χ3n) is 2.19. The molecule has 78 valence electrons. The molecule has 1 aromatic carbocycles. The number of hydrogen-bond donors (Lipinski definition) is 3. The summed E-state index contributed by atoms with van der Waals surface area (Å²) >= 11 is 5.93. The lowest BCUT2D eigenvalue weighted by molar-refractivity contribution is -0.146. The molecule has 1 unspecified atom stereocenters. The molecule has 0 spiro atoms. The molecular weight excluding hydrogens is 218 g/mol. The van der Waals surface area contributed by atoms with Crippen LogP contribution in [-0.2, 0) is 4.79 Å². The van der Waals surface area contributed by atoms with Gasteiger partial charge in [-0.2, -0.15) is 0 Å². The summed E-state index contributed by atoms with van der Waals surface area (Å²) in [5.41, 5.74) is 0.972. The molecule has 1 aromatic heterocycles. The molecule has 2 rings (SSSR count). The number of carbonyl (C=O) groups is 1. The van der Waals surface area contributed by atoms with Crippen molar-refractivity contribution in [2.75, 3.05) is 0 Å². The van der Waals surface area contributed by atoms with Gasteiger partial charge in [0.1, 0.15) is 0 Å². The van der Waals surface area contributed by atoms with Crippen LogP contribution in [0.15, 0.2) is 24.4 Å². The third-order valence-corrected chi connectivity index (χ3v) is 2.50. The van der Waals surface area contributed by atoms with Crippen LogP contribution in [0.2, 0.25) is 5.02 Å². The minimum atomic E-state index is -1.55. The minimum Gasteiger partial charge on any atom is -0.479 e. The zero-order valence-corrected chi connectivity index (χ0v) is 8.32. The summed E-state index contributed by atoms with van der Waals surface area (Å²) < 4.78 is 0. The fourth-order valence-corrected chi connectivity index (χ4v) is 1.73. The molecule has 0 fully saturated rings. The molecule has 1 atom stereocenters. The Morgan fingerprint density at radius 2 is 2.20 bits per heavy atom. The number of fused-ring (bicyclic) bond motifs is 1. The summed E-state index contributed by atoms with van der Waals surface area (Å²) in [5, 5.41) is 19.2. The van der Waals surface area contributed by atoms with Crippen LogP contribution in [0.1, 0.15) is 11.7 Å². The van der Waals surface area contributed by atoms with Crippen molar-refractivity contribution >= 4 is 28.5 Å². The number of aromatic amines is 1. The second-order valence-corrected chi connectivity index (χ2v) is 3.59. The molecule has 2 aromatic rings. The van der Waals surface area contributed by atoms with E-state index in [2.05, 4.69) is 4.98 Å². The van der Waals surface area contributed by atoms with Crippen LogP contribution in [0.5, 0.6) is 0 Å². The second-order valence-electron chi connectivity index (χ2n) is 3.18. The van der Waals surface area contributed by atoms with Gasteiger partial charge in [0.2, 0.25) is 0 Å². The van der Waals surface area contributed by atoms with Crippen LogP contribution in [-0.4, -0.2) is 21.2 Å². The van der Waals surface area contributed by atoms with Crippen LogP contribution >= 0.6 is 11.6 Å². The molecule has 0 radical (unpaired) electrons. The number of aliphatic hydroxyl groups excluding tert-OH is 1. The van der Waals surface area contributed by atoms with Crippen molar-refractivity contribution in [3.8, 4) is 0 Å².